The molecule has 0 amide bonds. The van der Waals surface area contributed by atoms with Crippen LogP contribution in [0.25, 0.3) is 0 Å². The number of halogens is 1. The Morgan fingerprint density at radius 3 is 2.81 bits per heavy atom. The third kappa shape index (κ3) is 2.41. The molecule has 0 aliphatic rings. The van der Waals surface area contributed by atoms with E-state index in [-0.39, 0.29) is 10.6 Å². The second-order valence-corrected chi connectivity index (χ2v) is 3.64. The summed E-state index contributed by atoms with van der Waals surface area (Å²) in [6.07, 6.45) is 1.49. The molecular weight excluding hydrogens is 226 g/mol. The topological polar surface area (TPSA) is 57.8 Å². The Bertz CT molecular complexity index is 524. The van der Waals surface area contributed by atoms with Gasteiger partial charge in [-0.05, 0) is 5.56 Å². The summed E-state index contributed by atoms with van der Waals surface area (Å²) in [6.45, 7) is 0.603. The van der Waals surface area contributed by atoms with Crippen LogP contribution in [0.4, 0.5) is 5.69 Å². The number of benzene rings is 1. The number of anilines is 1. The normalized spacial score (nSPS) is 10.1. The third-order valence-corrected chi connectivity index (χ3v) is 2.50. The Hall–Kier alpha value is -1.81. The third-order valence-electron chi connectivity index (χ3n) is 2.12. The lowest BCUT2D eigenvalue weighted by Gasteiger charge is -2.06. The molecule has 16 heavy (non-hydrogen) atoms. The number of hydrogen-bond acceptors (Lipinski definition) is 3. The highest BCUT2D eigenvalue weighted by atomic mass is 35.5. The molecule has 0 aliphatic carbocycles. The van der Waals surface area contributed by atoms with Crippen molar-refractivity contribution in [2.75, 3.05) is 5.32 Å². The van der Waals surface area contributed by atoms with Crippen LogP contribution in [-0.2, 0) is 6.54 Å². The van der Waals surface area contributed by atoms with Crippen molar-refractivity contribution < 1.29 is 0 Å². The number of aromatic amines is 1. The lowest BCUT2D eigenvalue weighted by Crippen LogP contribution is -2.11. The van der Waals surface area contributed by atoms with Gasteiger partial charge in [-0.25, -0.2) is 5.10 Å². The fourth-order valence-electron chi connectivity index (χ4n) is 1.30. The van der Waals surface area contributed by atoms with E-state index in [1.54, 1.807) is 0 Å². The molecule has 2 rings (SSSR count). The lowest BCUT2D eigenvalue weighted by atomic mass is 10.2. The van der Waals surface area contributed by atoms with Crippen LogP contribution in [0.2, 0.25) is 5.02 Å². The Kier molecular flexibility index (Phi) is 3.22. The molecule has 5 heteroatoms. The average molecular weight is 236 g/mol. The van der Waals surface area contributed by atoms with Crippen molar-refractivity contribution in [3.05, 3.63) is 57.5 Å². The van der Waals surface area contributed by atoms with Crippen LogP contribution in [0.1, 0.15) is 5.56 Å². The highest BCUT2D eigenvalue weighted by molar-refractivity contribution is 6.32. The first-order valence-corrected chi connectivity index (χ1v) is 5.16. The van der Waals surface area contributed by atoms with Crippen molar-refractivity contribution in [2.45, 2.75) is 6.54 Å². The second-order valence-electron chi connectivity index (χ2n) is 3.27. The van der Waals surface area contributed by atoms with E-state index >= 15 is 0 Å². The van der Waals surface area contributed by atoms with E-state index in [2.05, 4.69) is 15.5 Å². The van der Waals surface area contributed by atoms with Crippen LogP contribution in [0.5, 0.6) is 0 Å². The van der Waals surface area contributed by atoms with E-state index < -0.39 is 0 Å². The van der Waals surface area contributed by atoms with Gasteiger partial charge in [-0.3, -0.25) is 4.79 Å². The van der Waals surface area contributed by atoms with Crippen LogP contribution in [0.3, 0.4) is 0 Å². The quantitative estimate of drug-likeness (QED) is 0.856. The van der Waals surface area contributed by atoms with Crippen LogP contribution in [0.15, 0.2) is 41.3 Å². The molecule has 0 saturated heterocycles. The first-order chi connectivity index (χ1) is 7.77. The number of rotatable bonds is 3. The molecule has 2 aromatic rings. The Labute approximate surface area is 97.3 Å². The maximum atomic E-state index is 11.2. The molecule has 0 bridgehead atoms. The number of aromatic nitrogens is 2. The molecule has 1 aromatic carbocycles. The molecule has 0 fully saturated rings. The maximum absolute atomic E-state index is 11.2. The highest BCUT2D eigenvalue weighted by Gasteiger charge is 2.03. The summed E-state index contributed by atoms with van der Waals surface area (Å²) in [5, 5.41) is 9.12. The Morgan fingerprint density at radius 2 is 2.06 bits per heavy atom. The Balaban J connectivity index is 2.11. The van der Waals surface area contributed by atoms with Crippen molar-refractivity contribution in [1.82, 2.24) is 10.2 Å². The largest absolute Gasteiger partial charge is 0.378 e. The standard InChI is InChI=1S/C11H10ClN3O/c12-10-9(7-14-15-11(10)16)13-6-8-4-2-1-3-5-8/h1-5,7H,6H2,(H2,13,15,16). The summed E-state index contributed by atoms with van der Waals surface area (Å²) >= 11 is 5.81. The summed E-state index contributed by atoms with van der Waals surface area (Å²) in [5.41, 5.74) is 1.26. The number of nitrogens with zero attached hydrogens (tertiary/aromatic N) is 1. The van der Waals surface area contributed by atoms with Gasteiger partial charge in [-0.1, -0.05) is 41.9 Å². The molecule has 1 heterocycles. The SMILES string of the molecule is O=c1[nH]ncc(NCc2ccccc2)c1Cl. The van der Waals surface area contributed by atoms with Crippen molar-refractivity contribution in [3.63, 3.8) is 0 Å². The summed E-state index contributed by atoms with van der Waals surface area (Å²) in [4.78, 5) is 11.2. The second kappa shape index (κ2) is 4.81. The molecular formula is C11H10ClN3O. The highest BCUT2D eigenvalue weighted by Crippen LogP contribution is 2.15. The van der Waals surface area contributed by atoms with Crippen LogP contribution >= 0.6 is 11.6 Å². The van der Waals surface area contributed by atoms with E-state index in [1.165, 1.54) is 6.20 Å². The van der Waals surface area contributed by atoms with E-state index in [9.17, 15) is 4.79 Å². The first kappa shape index (κ1) is 10.7. The molecule has 82 valence electrons. The molecule has 0 unspecified atom stereocenters. The number of nitrogens with one attached hydrogen (secondary N) is 2. The number of hydrogen-bond donors (Lipinski definition) is 2. The van der Waals surface area contributed by atoms with E-state index in [0.717, 1.165) is 5.56 Å². The minimum Gasteiger partial charge on any atom is -0.378 e. The summed E-state index contributed by atoms with van der Waals surface area (Å²) in [7, 11) is 0. The van der Waals surface area contributed by atoms with Crippen LogP contribution in [0, 0.1) is 0 Å². The number of H-pyrrole nitrogens is 1. The van der Waals surface area contributed by atoms with Gasteiger partial charge in [0.05, 0.1) is 11.9 Å². The molecule has 0 radical (unpaired) electrons. The minimum absolute atomic E-state index is 0.130. The smallest absolute Gasteiger partial charge is 0.285 e. The van der Waals surface area contributed by atoms with Gasteiger partial charge in [0.25, 0.3) is 5.56 Å². The van der Waals surface area contributed by atoms with Crippen LogP contribution in [-0.4, -0.2) is 10.2 Å². The summed E-state index contributed by atoms with van der Waals surface area (Å²) < 4.78 is 0. The van der Waals surface area contributed by atoms with Gasteiger partial charge in [0.15, 0.2) is 0 Å². The van der Waals surface area contributed by atoms with Crippen LogP contribution < -0.4 is 10.9 Å². The summed E-state index contributed by atoms with van der Waals surface area (Å²) in [6, 6.07) is 9.83. The molecule has 1 aromatic heterocycles. The fourth-order valence-corrected chi connectivity index (χ4v) is 1.46. The predicted molar refractivity (Wildman–Crippen MR) is 63.6 cm³/mol. The van der Waals surface area contributed by atoms with Gasteiger partial charge in [-0.2, -0.15) is 5.10 Å². The lowest BCUT2D eigenvalue weighted by molar-refractivity contribution is 0.981. The molecule has 4 nitrogen and oxygen atoms in total. The molecule has 2 N–H and O–H groups in total. The molecule has 0 spiro atoms. The van der Waals surface area contributed by atoms with Gasteiger partial charge >= 0.3 is 0 Å². The average Bonchev–Trinajstić information content (AvgIpc) is 2.32. The predicted octanol–water partition coefficient (Wildman–Crippen LogP) is 2.04. The van der Waals surface area contributed by atoms with E-state index in [4.69, 9.17) is 11.6 Å². The zero-order chi connectivity index (χ0) is 11.4. The van der Waals surface area contributed by atoms with Crippen molar-refractivity contribution in [2.24, 2.45) is 0 Å². The summed E-state index contributed by atoms with van der Waals surface area (Å²) in [5.74, 6) is 0. The zero-order valence-corrected chi connectivity index (χ0v) is 9.16. The van der Waals surface area contributed by atoms with Gasteiger partial charge < -0.3 is 5.32 Å². The molecule has 0 aliphatic heterocycles. The van der Waals surface area contributed by atoms with Gasteiger partial charge in [0.2, 0.25) is 0 Å². The molecule has 0 saturated carbocycles. The van der Waals surface area contributed by atoms with Gasteiger partial charge in [0, 0.05) is 6.54 Å². The van der Waals surface area contributed by atoms with Gasteiger partial charge in [-0.15, -0.1) is 0 Å². The van der Waals surface area contributed by atoms with Crippen molar-refractivity contribution in [3.8, 4) is 0 Å². The monoisotopic (exact) mass is 235 g/mol. The molecule has 0 atom stereocenters. The zero-order valence-electron chi connectivity index (χ0n) is 8.40. The van der Waals surface area contributed by atoms with E-state index in [1.807, 2.05) is 30.3 Å². The van der Waals surface area contributed by atoms with E-state index in [0.29, 0.717) is 12.2 Å². The van der Waals surface area contributed by atoms with Crippen molar-refractivity contribution in [1.29, 1.82) is 0 Å². The fraction of sp³-hybridized carbons (Fsp3) is 0.0909. The Morgan fingerprint density at radius 1 is 1.31 bits per heavy atom. The van der Waals surface area contributed by atoms with Crippen molar-refractivity contribution >= 4 is 17.3 Å². The van der Waals surface area contributed by atoms with Gasteiger partial charge in [0.1, 0.15) is 5.02 Å². The first-order valence-electron chi connectivity index (χ1n) is 4.78. The minimum atomic E-state index is -0.389. The maximum Gasteiger partial charge on any atom is 0.285 e.